The maximum absolute atomic E-state index is 12.4. The fraction of sp³-hybridized carbons (Fsp3) is 0.583. The van der Waals surface area contributed by atoms with Gasteiger partial charge in [-0.2, -0.15) is 0 Å². The van der Waals surface area contributed by atoms with Crippen LogP contribution in [0, 0.1) is 2.88 Å². The number of hydrogen-bond donors (Lipinski definition) is 0. The van der Waals surface area contributed by atoms with Crippen molar-refractivity contribution in [2.45, 2.75) is 31.7 Å². The summed E-state index contributed by atoms with van der Waals surface area (Å²) in [5.41, 5.74) is 0.816. The van der Waals surface area contributed by atoms with Gasteiger partial charge in [0.05, 0.1) is 8.45 Å². The highest BCUT2D eigenvalue weighted by Gasteiger charge is 2.26. The van der Waals surface area contributed by atoms with Crippen LogP contribution in [0.4, 0.5) is 0 Å². The molecule has 1 aliphatic heterocycles. The van der Waals surface area contributed by atoms with Crippen LogP contribution < -0.4 is 0 Å². The molecule has 0 aliphatic carbocycles. The Morgan fingerprint density at radius 1 is 1.53 bits per heavy atom. The Labute approximate surface area is 124 Å². The van der Waals surface area contributed by atoms with E-state index in [0.717, 1.165) is 27.8 Å². The number of halogens is 2. The molecule has 1 unspecified atom stereocenters. The number of alkyl halides is 1. The molecule has 5 heteroatoms. The van der Waals surface area contributed by atoms with E-state index in [2.05, 4.69) is 22.6 Å². The average molecular weight is 384 g/mol. The van der Waals surface area contributed by atoms with E-state index in [-0.39, 0.29) is 11.9 Å². The minimum Gasteiger partial charge on any atom is -0.334 e. The molecule has 0 radical (unpaired) electrons. The molecular formula is C12H15ClINOS. The SMILES string of the molecule is O=C(c1csc(I)c1)N1CCCCCC1CCl. The van der Waals surface area contributed by atoms with Crippen LogP contribution in [0.2, 0.25) is 0 Å². The largest absolute Gasteiger partial charge is 0.334 e. The van der Waals surface area contributed by atoms with Crippen LogP contribution in [0.3, 0.4) is 0 Å². The maximum Gasteiger partial charge on any atom is 0.255 e. The second kappa shape index (κ2) is 6.38. The quantitative estimate of drug-likeness (QED) is 0.559. The number of carbonyl (C=O) groups is 1. The van der Waals surface area contributed by atoms with E-state index in [1.165, 1.54) is 12.8 Å². The van der Waals surface area contributed by atoms with Crippen molar-refractivity contribution in [3.8, 4) is 0 Å². The number of carbonyl (C=O) groups excluding carboxylic acids is 1. The molecule has 1 aromatic heterocycles. The van der Waals surface area contributed by atoms with Crippen LogP contribution >= 0.6 is 45.5 Å². The van der Waals surface area contributed by atoms with Gasteiger partial charge in [0.2, 0.25) is 0 Å². The molecule has 0 bridgehead atoms. The molecule has 0 N–H and O–H groups in total. The zero-order chi connectivity index (χ0) is 12.3. The van der Waals surface area contributed by atoms with Crippen molar-refractivity contribution < 1.29 is 4.79 Å². The summed E-state index contributed by atoms with van der Waals surface area (Å²) >= 11 is 9.86. The number of nitrogens with zero attached hydrogens (tertiary/aromatic N) is 1. The van der Waals surface area contributed by atoms with E-state index in [1.807, 2.05) is 16.3 Å². The smallest absolute Gasteiger partial charge is 0.255 e. The maximum atomic E-state index is 12.4. The van der Waals surface area contributed by atoms with E-state index in [1.54, 1.807) is 11.3 Å². The van der Waals surface area contributed by atoms with Crippen molar-refractivity contribution in [2.24, 2.45) is 0 Å². The predicted octanol–water partition coefficient (Wildman–Crippen LogP) is 3.98. The number of rotatable bonds is 2. The van der Waals surface area contributed by atoms with Crippen molar-refractivity contribution in [1.29, 1.82) is 0 Å². The number of hydrogen-bond acceptors (Lipinski definition) is 2. The highest BCUT2D eigenvalue weighted by atomic mass is 127. The number of likely N-dealkylation sites (tertiary alicyclic amines) is 1. The third kappa shape index (κ3) is 3.35. The standard InChI is InChI=1S/C12H15ClINOS/c13-7-10-4-2-1-3-5-15(10)12(16)9-6-11(14)17-8-9/h6,8,10H,1-5,7H2. The van der Waals surface area contributed by atoms with Gasteiger partial charge >= 0.3 is 0 Å². The second-order valence-corrected chi connectivity index (χ2v) is 7.41. The Morgan fingerprint density at radius 2 is 2.35 bits per heavy atom. The summed E-state index contributed by atoms with van der Waals surface area (Å²) in [7, 11) is 0. The van der Waals surface area contributed by atoms with E-state index in [4.69, 9.17) is 11.6 Å². The molecule has 1 atom stereocenters. The minimum absolute atomic E-state index is 0.150. The number of amides is 1. The Balaban J connectivity index is 2.15. The fourth-order valence-corrected chi connectivity index (χ4v) is 3.83. The van der Waals surface area contributed by atoms with Gasteiger partial charge in [-0.3, -0.25) is 4.79 Å². The molecule has 1 saturated heterocycles. The van der Waals surface area contributed by atoms with E-state index < -0.39 is 0 Å². The topological polar surface area (TPSA) is 20.3 Å². The molecule has 0 saturated carbocycles. The molecule has 94 valence electrons. The summed E-state index contributed by atoms with van der Waals surface area (Å²) in [6.07, 6.45) is 4.53. The summed E-state index contributed by atoms with van der Waals surface area (Å²) in [5, 5.41) is 1.94. The van der Waals surface area contributed by atoms with Crippen molar-refractivity contribution >= 4 is 51.4 Å². The summed E-state index contributed by atoms with van der Waals surface area (Å²) in [5.74, 6) is 0.698. The first-order chi connectivity index (χ1) is 8.22. The third-order valence-electron chi connectivity index (χ3n) is 3.13. The molecule has 17 heavy (non-hydrogen) atoms. The molecule has 2 nitrogen and oxygen atoms in total. The monoisotopic (exact) mass is 383 g/mol. The highest BCUT2D eigenvalue weighted by Crippen LogP contribution is 2.23. The zero-order valence-electron chi connectivity index (χ0n) is 9.49. The summed E-state index contributed by atoms with van der Waals surface area (Å²) in [4.78, 5) is 14.4. The molecule has 1 aliphatic rings. The first-order valence-electron chi connectivity index (χ1n) is 5.83. The average Bonchev–Trinajstić information content (AvgIpc) is 2.64. The predicted molar refractivity (Wildman–Crippen MR) is 81.0 cm³/mol. The zero-order valence-corrected chi connectivity index (χ0v) is 13.2. The minimum atomic E-state index is 0.150. The van der Waals surface area contributed by atoms with Gasteiger partial charge in [-0.15, -0.1) is 22.9 Å². The van der Waals surface area contributed by atoms with Gasteiger partial charge in [-0.05, 0) is 41.5 Å². The second-order valence-electron chi connectivity index (χ2n) is 4.30. The Bertz CT molecular complexity index is 396. The van der Waals surface area contributed by atoms with E-state index in [0.29, 0.717) is 5.88 Å². The summed E-state index contributed by atoms with van der Waals surface area (Å²) in [6, 6.07) is 2.17. The molecule has 1 amide bonds. The molecule has 1 aromatic rings. The van der Waals surface area contributed by atoms with Gasteiger partial charge in [0.25, 0.3) is 5.91 Å². The van der Waals surface area contributed by atoms with Gasteiger partial charge < -0.3 is 4.90 Å². The Hall–Kier alpha value is 0.190. The molecule has 2 heterocycles. The number of thiophene rings is 1. The van der Waals surface area contributed by atoms with Crippen molar-refractivity contribution in [2.75, 3.05) is 12.4 Å². The van der Waals surface area contributed by atoms with Crippen LogP contribution in [0.5, 0.6) is 0 Å². The molecular weight excluding hydrogens is 369 g/mol. The summed E-state index contributed by atoms with van der Waals surface area (Å²) < 4.78 is 1.16. The molecule has 0 aromatic carbocycles. The first-order valence-corrected chi connectivity index (χ1v) is 8.32. The molecule has 1 fully saturated rings. The third-order valence-corrected chi connectivity index (χ3v) is 5.28. The fourth-order valence-electron chi connectivity index (χ4n) is 2.19. The lowest BCUT2D eigenvalue weighted by Gasteiger charge is -2.28. The van der Waals surface area contributed by atoms with Crippen molar-refractivity contribution in [3.05, 3.63) is 19.9 Å². The summed E-state index contributed by atoms with van der Waals surface area (Å²) in [6.45, 7) is 0.850. The lowest BCUT2D eigenvalue weighted by molar-refractivity contribution is 0.0701. The first kappa shape index (κ1) is 13.6. The van der Waals surface area contributed by atoms with Crippen molar-refractivity contribution in [3.63, 3.8) is 0 Å². The normalized spacial score (nSPS) is 21.3. The van der Waals surface area contributed by atoms with Gasteiger partial charge in [-0.25, -0.2) is 0 Å². The van der Waals surface area contributed by atoms with Gasteiger partial charge in [0, 0.05) is 23.8 Å². The van der Waals surface area contributed by atoms with E-state index in [9.17, 15) is 4.79 Å². The van der Waals surface area contributed by atoms with Crippen LogP contribution in [-0.4, -0.2) is 29.3 Å². The van der Waals surface area contributed by atoms with Crippen LogP contribution in [-0.2, 0) is 0 Å². The lowest BCUT2D eigenvalue weighted by Crippen LogP contribution is -2.40. The molecule has 0 spiro atoms. The molecule has 2 rings (SSSR count). The highest BCUT2D eigenvalue weighted by molar-refractivity contribution is 14.1. The van der Waals surface area contributed by atoms with Crippen molar-refractivity contribution in [1.82, 2.24) is 4.90 Å². The van der Waals surface area contributed by atoms with Gasteiger partial charge in [0.1, 0.15) is 0 Å². The van der Waals surface area contributed by atoms with Crippen LogP contribution in [0.25, 0.3) is 0 Å². The van der Waals surface area contributed by atoms with E-state index >= 15 is 0 Å². The van der Waals surface area contributed by atoms with Gasteiger partial charge in [-0.1, -0.05) is 12.8 Å². The Kier molecular flexibility index (Phi) is 5.11. The van der Waals surface area contributed by atoms with Crippen LogP contribution in [0.1, 0.15) is 36.0 Å². The Morgan fingerprint density at radius 3 is 3.00 bits per heavy atom. The van der Waals surface area contributed by atoms with Gasteiger partial charge in [0.15, 0.2) is 0 Å². The van der Waals surface area contributed by atoms with Crippen LogP contribution in [0.15, 0.2) is 11.4 Å². The lowest BCUT2D eigenvalue weighted by atomic mass is 10.1.